The van der Waals surface area contributed by atoms with Crippen molar-refractivity contribution >= 4 is 11.6 Å². The molecule has 1 aromatic heterocycles. The van der Waals surface area contributed by atoms with E-state index in [0.717, 1.165) is 37.5 Å². The first-order valence-corrected chi connectivity index (χ1v) is 7.30. The molecule has 0 radical (unpaired) electrons. The number of halogens is 1. The van der Waals surface area contributed by atoms with Crippen molar-refractivity contribution in [2.45, 2.75) is 45.5 Å². The largest absolute Gasteiger partial charge is 0.314 e. The Kier molecular flexibility index (Phi) is 4.97. The highest BCUT2D eigenvalue weighted by Crippen LogP contribution is 2.11. The summed E-state index contributed by atoms with van der Waals surface area (Å²) in [4.78, 5) is 0. The van der Waals surface area contributed by atoms with Gasteiger partial charge in [-0.1, -0.05) is 36.8 Å². The van der Waals surface area contributed by atoms with Gasteiger partial charge in [0.05, 0.1) is 5.88 Å². The fraction of sp³-hybridized carbons (Fsp3) is 0.467. The normalized spacial score (nSPS) is 10.9. The number of hydrogen-bond donors (Lipinski definition) is 0. The smallest absolute Gasteiger partial charge is 0.147 e. The molecule has 0 aliphatic carbocycles. The summed E-state index contributed by atoms with van der Waals surface area (Å²) in [5.41, 5.74) is 2.65. The van der Waals surface area contributed by atoms with Gasteiger partial charge in [-0.2, -0.15) is 0 Å². The third-order valence-corrected chi connectivity index (χ3v) is 3.43. The molecule has 0 aliphatic rings. The van der Waals surface area contributed by atoms with Crippen molar-refractivity contribution in [3.8, 4) is 0 Å². The standard InChI is InChI=1S/C15H20ClN3/c1-3-9-19-14(17-18-15(19)11-16)8-7-13-6-4-5-12(2)10-13/h4-6,10H,3,7-9,11H2,1-2H3. The number of aryl methyl sites for hydroxylation is 3. The van der Waals surface area contributed by atoms with Crippen molar-refractivity contribution < 1.29 is 0 Å². The Morgan fingerprint density at radius 1 is 1.16 bits per heavy atom. The average Bonchev–Trinajstić information content (AvgIpc) is 2.79. The Hall–Kier alpha value is -1.35. The molecule has 0 amide bonds. The Morgan fingerprint density at radius 3 is 2.63 bits per heavy atom. The third-order valence-electron chi connectivity index (χ3n) is 3.19. The molecule has 1 heterocycles. The summed E-state index contributed by atoms with van der Waals surface area (Å²) in [7, 11) is 0. The van der Waals surface area contributed by atoms with Gasteiger partial charge in [0, 0.05) is 13.0 Å². The SMILES string of the molecule is CCCn1c(CCl)nnc1CCc1cccc(C)c1. The minimum atomic E-state index is 0.428. The first-order valence-electron chi connectivity index (χ1n) is 6.77. The van der Waals surface area contributed by atoms with Gasteiger partial charge < -0.3 is 4.57 Å². The van der Waals surface area contributed by atoms with Crippen LogP contribution in [0.15, 0.2) is 24.3 Å². The van der Waals surface area contributed by atoms with E-state index in [1.807, 2.05) is 0 Å². The number of nitrogens with zero attached hydrogens (tertiary/aromatic N) is 3. The van der Waals surface area contributed by atoms with Crippen molar-refractivity contribution in [2.24, 2.45) is 0 Å². The number of aromatic nitrogens is 3. The molecule has 0 saturated carbocycles. The van der Waals surface area contributed by atoms with Crippen LogP contribution in [0.25, 0.3) is 0 Å². The molecule has 0 unspecified atom stereocenters. The Morgan fingerprint density at radius 2 is 1.95 bits per heavy atom. The van der Waals surface area contributed by atoms with E-state index in [4.69, 9.17) is 11.6 Å². The summed E-state index contributed by atoms with van der Waals surface area (Å²) in [5.74, 6) is 2.35. The van der Waals surface area contributed by atoms with Gasteiger partial charge in [-0.25, -0.2) is 0 Å². The van der Waals surface area contributed by atoms with Gasteiger partial charge in [-0.3, -0.25) is 0 Å². The molecule has 0 aliphatic heterocycles. The first-order chi connectivity index (χ1) is 9.24. The fourth-order valence-electron chi connectivity index (χ4n) is 2.26. The van der Waals surface area contributed by atoms with E-state index in [9.17, 15) is 0 Å². The molecule has 3 nitrogen and oxygen atoms in total. The third kappa shape index (κ3) is 3.57. The molecule has 2 aromatic rings. The quantitative estimate of drug-likeness (QED) is 0.757. The highest BCUT2D eigenvalue weighted by Gasteiger charge is 2.10. The van der Waals surface area contributed by atoms with Crippen LogP contribution in [0.1, 0.15) is 36.1 Å². The second-order valence-corrected chi connectivity index (χ2v) is 5.07. The van der Waals surface area contributed by atoms with Crippen LogP contribution < -0.4 is 0 Å². The van der Waals surface area contributed by atoms with E-state index >= 15 is 0 Å². The van der Waals surface area contributed by atoms with E-state index in [-0.39, 0.29) is 0 Å². The Balaban J connectivity index is 2.08. The lowest BCUT2D eigenvalue weighted by molar-refractivity contribution is 0.616. The number of rotatable bonds is 6. The Labute approximate surface area is 119 Å². The van der Waals surface area contributed by atoms with Crippen molar-refractivity contribution in [1.82, 2.24) is 14.8 Å². The summed E-state index contributed by atoms with van der Waals surface area (Å²) in [6, 6.07) is 8.61. The number of benzene rings is 1. The lowest BCUT2D eigenvalue weighted by atomic mass is 10.1. The van der Waals surface area contributed by atoms with Crippen molar-refractivity contribution in [3.63, 3.8) is 0 Å². The first kappa shape index (κ1) is 14.1. The molecule has 19 heavy (non-hydrogen) atoms. The predicted molar refractivity (Wildman–Crippen MR) is 78.5 cm³/mol. The molecule has 0 atom stereocenters. The van der Waals surface area contributed by atoms with Crippen LogP contribution in [0.4, 0.5) is 0 Å². The summed E-state index contributed by atoms with van der Waals surface area (Å²) >= 11 is 5.90. The van der Waals surface area contributed by atoms with Crippen LogP contribution in [0, 0.1) is 6.92 Å². The van der Waals surface area contributed by atoms with Crippen LogP contribution in [0.2, 0.25) is 0 Å². The van der Waals surface area contributed by atoms with Crippen molar-refractivity contribution in [3.05, 3.63) is 47.0 Å². The lowest BCUT2D eigenvalue weighted by Gasteiger charge is -2.08. The molecule has 0 bridgehead atoms. The van der Waals surface area contributed by atoms with Crippen LogP contribution in [0.3, 0.4) is 0 Å². The summed E-state index contributed by atoms with van der Waals surface area (Å²) < 4.78 is 2.16. The summed E-state index contributed by atoms with van der Waals surface area (Å²) in [5, 5.41) is 8.44. The maximum absolute atomic E-state index is 5.90. The second-order valence-electron chi connectivity index (χ2n) is 4.81. The molecule has 0 saturated heterocycles. The zero-order valence-corrected chi connectivity index (χ0v) is 12.3. The highest BCUT2D eigenvalue weighted by molar-refractivity contribution is 6.16. The average molecular weight is 278 g/mol. The zero-order chi connectivity index (χ0) is 13.7. The minimum Gasteiger partial charge on any atom is -0.314 e. The molecule has 2 rings (SSSR count). The minimum absolute atomic E-state index is 0.428. The molecule has 102 valence electrons. The van der Waals surface area contributed by atoms with Crippen LogP contribution in [0.5, 0.6) is 0 Å². The van der Waals surface area contributed by atoms with Crippen LogP contribution >= 0.6 is 11.6 Å². The monoisotopic (exact) mass is 277 g/mol. The van der Waals surface area contributed by atoms with Gasteiger partial charge in [-0.15, -0.1) is 21.8 Å². The maximum Gasteiger partial charge on any atom is 0.147 e. The van der Waals surface area contributed by atoms with E-state index in [2.05, 4.69) is 52.9 Å². The van der Waals surface area contributed by atoms with Crippen LogP contribution in [-0.2, 0) is 25.3 Å². The van der Waals surface area contributed by atoms with E-state index < -0.39 is 0 Å². The summed E-state index contributed by atoms with van der Waals surface area (Å²) in [6.07, 6.45) is 2.97. The maximum atomic E-state index is 5.90. The van der Waals surface area contributed by atoms with E-state index in [1.165, 1.54) is 11.1 Å². The lowest BCUT2D eigenvalue weighted by Crippen LogP contribution is -2.07. The van der Waals surface area contributed by atoms with Gasteiger partial charge in [0.15, 0.2) is 0 Å². The molecular formula is C15H20ClN3. The van der Waals surface area contributed by atoms with Gasteiger partial charge in [0.25, 0.3) is 0 Å². The van der Waals surface area contributed by atoms with Crippen molar-refractivity contribution in [2.75, 3.05) is 0 Å². The molecule has 0 fully saturated rings. The zero-order valence-electron chi connectivity index (χ0n) is 11.6. The Bertz CT molecular complexity index is 534. The highest BCUT2D eigenvalue weighted by atomic mass is 35.5. The molecule has 1 aromatic carbocycles. The molecule has 4 heteroatoms. The van der Waals surface area contributed by atoms with Gasteiger partial charge in [0.2, 0.25) is 0 Å². The van der Waals surface area contributed by atoms with E-state index in [1.54, 1.807) is 0 Å². The predicted octanol–water partition coefficient (Wildman–Crippen LogP) is 3.52. The molecule has 0 spiro atoms. The second kappa shape index (κ2) is 6.71. The van der Waals surface area contributed by atoms with Gasteiger partial charge in [0.1, 0.15) is 11.6 Å². The topological polar surface area (TPSA) is 30.7 Å². The van der Waals surface area contributed by atoms with E-state index in [0.29, 0.717) is 5.88 Å². The van der Waals surface area contributed by atoms with Gasteiger partial charge in [-0.05, 0) is 25.3 Å². The van der Waals surface area contributed by atoms with Crippen molar-refractivity contribution in [1.29, 1.82) is 0 Å². The molecule has 0 N–H and O–H groups in total. The number of hydrogen-bond acceptors (Lipinski definition) is 2. The molecular weight excluding hydrogens is 258 g/mol. The van der Waals surface area contributed by atoms with Gasteiger partial charge >= 0.3 is 0 Å². The summed E-state index contributed by atoms with van der Waals surface area (Å²) in [6.45, 7) is 5.22. The number of alkyl halides is 1. The fourth-order valence-corrected chi connectivity index (χ4v) is 2.46. The van der Waals surface area contributed by atoms with Crippen LogP contribution in [-0.4, -0.2) is 14.8 Å².